The van der Waals surface area contributed by atoms with Gasteiger partial charge in [-0.2, -0.15) is 0 Å². The molecule has 1 saturated heterocycles. The average Bonchev–Trinajstić information content (AvgIpc) is 2.86. The molecule has 1 fully saturated rings. The summed E-state index contributed by atoms with van der Waals surface area (Å²) in [6, 6.07) is 10.9. The number of piperidine rings is 1. The summed E-state index contributed by atoms with van der Waals surface area (Å²) in [5.74, 6) is 0.453. The molecule has 1 aromatic carbocycles. The van der Waals surface area contributed by atoms with Gasteiger partial charge in [-0.1, -0.05) is 18.6 Å². The van der Waals surface area contributed by atoms with E-state index in [4.69, 9.17) is 4.74 Å². The standard InChI is InChI=1S/C26H33N3O4/c1-20-21(8-6-13-27-20)24(31)28-14-5-4-10-26(19-30)11-15-29(16-12-26)25(32)22-7-2-3-9-23(22)33-18-17-28/h2-3,6-9,13,30H,4-5,10-12,14-19H2,1H3. The molecule has 0 radical (unpaired) electrons. The summed E-state index contributed by atoms with van der Waals surface area (Å²) in [4.78, 5) is 34.5. The van der Waals surface area contributed by atoms with E-state index in [1.165, 1.54) is 0 Å². The van der Waals surface area contributed by atoms with E-state index in [1.54, 1.807) is 18.3 Å². The maximum Gasteiger partial charge on any atom is 0.257 e. The highest BCUT2D eigenvalue weighted by atomic mass is 16.5. The first-order chi connectivity index (χ1) is 16.0. The number of aryl methyl sites for hydroxylation is 1. The molecular formula is C26H33N3O4. The second kappa shape index (κ2) is 10.3. The zero-order chi connectivity index (χ0) is 23.3. The van der Waals surface area contributed by atoms with Crippen molar-refractivity contribution in [3.8, 4) is 5.75 Å². The van der Waals surface area contributed by atoms with E-state index in [9.17, 15) is 14.7 Å². The van der Waals surface area contributed by atoms with Crippen LogP contribution in [0.25, 0.3) is 0 Å². The molecule has 0 aliphatic carbocycles. The molecule has 2 aromatic rings. The lowest BCUT2D eigenvalue weighted by atomic mass is 9.75. The van der Waals surface area contributed by atoms with Crippen molar-refractivity contribution in [2.24, 2.45) is 5.41 Å². The van der Waals surface area contributed by atoms with Crippen LogP contribution in [-0.2, 0) is 0 Å². The van der Waals surface area contributed by atoms with Crippen LogP contribution < -0.4 is 4.74 Å². The lowest BCUT2D eigenvalue weighted by Crippen LogP contribution is -2.44. The lowest BCUT2D eigenvalue weighted by molar-refractivity contribution is 0.0297. The predicted octanol–water partition coefficient (Wildman–Crippen LogP) is 3.31. The number of fused-ring (bicyclic) bond motifs is 9. The van der Waals surface area contributed by atoms with Crippen molar-refractivity contribution in [1.82, 2.24) is 14.8 Å². The molecule has 3 aliphatic heterocycles. The van der Waals surface area contributed by atoms with Crippen molar-refractivity contribution in [3.05, 3.63) is 59.4 Å². The van der Waals surface area contributed by atoms with Gasteiger partial charge < -0.3 is 19.6 Å². The minimum Gasteiger partial charge on any atom is -0.491 e. The second-order valence-corrected chi connectivity index (χ2v) is 9.18. The molecule has 1 N–H and O–H groups in total. The maximum absolute atomic E-state index is 13.3. The fraction of sp³-hybridized carbons (Fsp3) is 0.500. The van der Waals surface area contributed by atoms with Crippen molar-refractivity contribution in [2.45, 2.75) is 39.0 Å². The number of aromatic nitrogens is 1. The Labute approximate surface area is 195 Å². The highest BCUT2D eigenvalue weighted by Crippen LogP contribution is 2.37. The SMILES string of the molecule is Cc1ncccc1C(=O)N1CCCCC2(CO)CCN(CC2)C(=O)c2ccccc2OCC1. The Morgan fingerprint density at radius 3 is 2.61 bits per heavy atom. The molecule has 0 atom stereocenters. The van der Waals surface area contributed by atoms with Crippen LogP contribution in [0.5, 0.6) is 5.75 Å². The first kappa shape index (κ1) is 23.2. The number of carbonyl (C=O) groups excluding carboxylic acids is 2. The van der Waals surface area contributed by atoms with E-state index in [-0.39, 0.29) is 23.8 Å². The van der Waals surface area contributed by atoms with Crippen molar-refractivity contribution in [2.75, 3.05) is 39.4 Å². The van der Waals surface area contributed by atoms with Crippen molar-refractivity contribution >= 4 is 11.8 Å². The van der Waals surface area contributed by atoms with Crippen LogP contribution in [0.1, 0.15) is 58.5 Å². The van der Waals surface area contributed by atoms with Gasteiger partial charge in [-0.15, -0.1) is 0 Å². The molecule has 5 rings (SSSR count). The third kappa shape index (κ3) is 5.19. The number of carbonyl (C=O) groups is 2. The quantitative estimate of drug-likeness (QED) is 0.758. The number of hydrogen-bond acceptors (Lipinski definition) is 5. The summed E-state index contributed by atoms with van der Waals surface area (Å²) in [6.45, 7) is 4.59. The third-order valence-corrected chi connectivity index (χ3v) is 7.09. The molecular weight excluding hydrogens is 418 g/mol. The first-order valence-corrected chi connectivity index (χ1v) is 11.9. The Morgan fingerprint density at radius 1 is 1.06 bits per heavy atom. The number of ether oxygens (including phenoxy) is 1. The van der Waals surface area contributed by atoms with Crippen LogP contribution >= 0.6 is 0 Å². The van der Waals surface area contributed by atoms with E-state index in [0.717, 1.165) is 32.1 Å². The summed E-state index contributed by atoms with van der Waals surface area (Å²) in [5.41, 5.74) is 1.71. The smallest absolute Gasteiger partial charge is 0.257 e. The van der Waals surface area contributed by atoms with E-state index in [0.29, 0.717) is 55.4 Å². The number of rotatable bonds is 2. The second-order valence-electron chi connectivity index (χ2n) is 9.18. The van der Waals surface area contributed by atoms with Crippen molar-refractivity contribution in [3.63, 3.8) is 0 Å². The lowest BCUT2D eigenvalue weighted by Gasteiger charge is -2.41. The molecule has 7 nitrogen and oxygen atoms in total. The number of aliphatic hydroxyl groups excluding tert-OH is 1. The fourth-order valence-electron chi connectivity index (χ4n) is 4.87. The Bertz CT molecular complexity index is 985. The number of benzene rings is 1. The Kier molecular flexibility index (Phi) is 7.28. The van der Waals surface area contributed by atoms with E-state index >= 15 is 0 Å². The summed E-state index contributed by atoms with van der Waals surface area (Å²) >= 11 is 0. The number of amides is 2. The minimum atomic E-state index is -0.151. The summed E-state index contributed by atoms with van der Waals surface area (Å²) in [7, 11) is 0. The fourth-order valence-corrected chi connectivity index (χ4v) is 4.87. The molecule has 0 spiro atoms. The van der Waals surface area contributed by atoms with Gasteiger partial charge in [-0.05, 0) is 62.3 Å². The highest BCUT2D eigenvalue weighted by molar-refractivity contribution is 5.97. The van der Waals surface area contributed by atoms with Crippen molar-refractivity contribution < 1.29 is 19.4 Å². The van der Waals surface area contributed by atoms with Gasteiger partial charge in [-0.3, -0.25) is 14.6 Å². The zero-order valence-corrected chi connectivity index (χ0v) is 19.3. The van der Waals surface area contributed by atoms with Crippen LogP contribution in [0.3, 0.4) is 0 Å². The zero-order valence-electron chi connectivity index (χ0n) is 19.3. The Morgan fingerprint density at radius 2 is 1.85 bits per heavy atom. The first-order valence-electron chi connectivity index (χ1n) is 11.9. The highest BCUT2D eigenvalue weighted by Gasteiger charge is 2.36. The summed E-state index contributed by atoms with van der Waals surface area (Å²) in [6.07, 6.45) is 5.93. The molecule has 2 amide bonds. The van der Waals surface area contributed by atoms with Gasteiger partial charge in [0.05, 0.1) is 17.7 Å². The third-order valence-electron chi connectivity index (χ3n) is 7.09. The Balaban J connectivity index is 1.58. The Hall–Kier alpha value is -2.93. The molecule has 1 aromatic heterocycles. The molecule has 2 bridgehead atoms. The van der Waals surface area contributed by atoms with Gasteiger partial charge in [0, 0.05) is 38.1 Å². The molecule has 33 heavy (non-hydrogen) atoms. The molecule has 7 heteroatoms. The van der Waals surface area contributed by atoms with Crippen LogP contribution in [0.2, 0.25) is 0 Å². The molecule has 4 heterocycles. The maximum atomic E-state index is 13.3. The molecule has 176 valence electrons. The number of hydrogen-bond donors (Lipinski definition) is 1. The molecule has 0 unspecified atom stereocenters. The summed E-state index contributed by atoms with van der Waals surface area (Å²) in [5, 5.41) is 10.2. The predicted molar refractivity (Wildman–Crippen MR) is 125 cm³/mol. The average molecular weight is 452 g/mol. The van der Waals surface area contributed by atoms with E-state index in [2.05, 4.69) is 4.98 Å². The van der Waals surface area contributed by atoms with Crippen LogP contribution in [-0.4, -0.2) is 71.1 Å². The van der Waals surface area contributed by atoms with Crippen LogP contribution in [0, 0.1) is 12.3 Å². The van der Waals surface area contributed by atoms with Crippen LogP contribution in [0.15, 0.2) is 42.6 Å². The normalized spacial score (nSPS) is 19.3. The number of para-hydroxylation sites is 1. The number of pyridine rings is 1. The van der Waals surface area contributed by atoms with Gasteiger partial charge in [0.25, 0.3) is 11.8 Å². The van der Waals surface area contributed by atoms with Gasteiger partial charge in [0.1, 0.15) is 12.4 Å². The van der Waals surface area contributed by atoms with E-state index < -0.39 is 0 Å². The topological polar surface area (TPSA) is 83.0 Å². The van der Waals surface area contributed by atoms with Gasteiger partial charge >= 0.3 is 0 Å². The number of aliphatic hydroxyl groups is 1. The van der Waals surface area contributed by atoms with Gasteiger partial charge in [0.2, 0.25) is 0 Å². The van der Waals surface area contributed by atoms with Crippen LogP contribution in [0.4, 0.5) is 0 Å². The summed E-state index contributed by atoms with van der Waals surface area (Å²) < 4.78 is 6.03. The van der Waals surface area contributed by atoms with Gasteiger partial charge in [-0.25, -0.2) is 0 Å². The van der Waals surface area contributed by atoms with E-state index in [1.807, 2.05) is 41.0 Å². The largest absolute Gasteiger partial charge is 0.491 e. The van der Waals surface area contributed by atoms with Crippen molar-refractivity contribution in [1.29, 1.82) is 0 Å². The van der Waals surface area contributed by atoms with Gasteiger partial charge in [0.15, 0.2) is 0 Å². The molecule has 0 saturated carbocycles. The monoisotopic (exact) mass is 451 g/mol. The number of nitrogens with zero attached hydrogens (tertiary/aromatic N) is 3. The molecule has 3 aliphatic rings. The minimum absolute atomic E-state index is 0.0362.